The van der Waals surface area contributed by atoms with Gasteiger partial charge >= 0.3 is 0 Å². The first-order valence-electron chi connectivity index (χ1n) is 10.3. The fraction of sp³-hybridized carbons (Fsp3) is 0.391. The molecule has 0 bridgehead atoms. The van der Waals surface area contributed by atoms with Crippen molar-refractivity contribution in [3.8, 4) is 11.5 Å². The maximum absolute atomic E-state index is 12.0. The fourth-order valence-corrected chi connectivity index (χ4v) is 4.27. The molecule has 0 aliphatic rings. The summed E-state index contributed by atoms with van der Waals surface area (Å²) in [7, 11) is 0. The summed E-state index contributed by atoms with van der Waals surface area (Å²) in [5.41, 5.74) is 1.53. The molecular formula is C23H30N2O4S2. The predicted octanol–water partition coefficient (Wildman–Crippen LogP) is 4.92. The molecule has 0 unspecified atom stereocenters. The van der Waals surface area contributed by atoms with Crippen LogP contribution in [0.4, 0.5) is 11.4 Å². The number of hydrogen-bond acceptors (Lipinski definition) is 6. The van der Waals surface area contributed by atoms with Crippen LogP contribution in [0, 0.1) is 0 Å². The minimum Gasteiger partial charge on any atom is -0.494 e. The van der Waals surface area contributed by atoms with E-state index in [0.717, 1.165) is 40.8 Å². The minimum absolute atomic E-state index is 0.0171. The first kappa shape index (κ1) is 24.9. The molecule has 2 amide bonds. The van der Waals surface area contributed by atoms with Crippen LogP contribution in [0.25, 0.3) is 0 Å². The van der Waals surface area contributed by atoms with Crippen LogP contribution in [0.1, 0.15) is 20.3 Å². The summed E-state index contributed by atoms with van der Waals surface area (Å²) in [6.45, 7) is 5.11. The Balaban J connectivity index is 1.50. The molecule has 2 aromatic rings. The lowest BCUT2D eigenvalue weighted by atomic mass is 10.3. The van der Waals surface area contributed by atoms with E-state index < -0.39 is 0 Å². The molecule has 8 heteroatoms. The van der Waals surface area contributed by atoms with E-state index in [1.165, 1.54) is 0 Å². The van der Waals surface area contributed by atoms with E-state index in [0.29, 0.717) is 24.7 Å². The number of amides is 2. The van der Waals surface area contributed by atoms with E-state index in [2.05, 4.69) is 10.6 Å². The number of hydrogen-bond donors (Lipinski definition) is 2. The van der Waals surface area contributed by atoms with E-state index in [1.54, 1.807) is 23.5 Å². The van der Waals surface area contributed by atoms with Gasteiger partial charge < -0.3 is 20.1 Å². The molecule has 2 N–H and O–H groups in total. The molecule has 31 heavy (non-hydrogen) atoms. The molecule has 0 aliphatic heterocycles. The van der Waals surface area contributed by atoms with Gasteiger partial charge in [0.1, 0.15) is 11.5 Å². The van der Waals surface area contributed by atoms with Gasteiger partial charge in [0.2, 0.25) is 11.8 Å². The van der Waals surface area contributed by atoms with Gasteiger partial charge in [0.15, 0.2) is 0 Å². The lowest BCUT2D eigenvalue weighted by molar-refractivity contribution is -0.114. The van der Waals surface area contributed by atoms with E-state index in [1.807, 2.05) is 62.4 Å². The molecule has 0 saturated carbocycles. The molecule has 0 aromatic heterocycles. The average Bonchev–Trinajstić information content (AvgIpc) is 2.76. The van der Waals surface area contributed by atoms with E-state index >= 15 is 0 Å². The standard InChI is InChI=1S/C23H30N2O4S2/c1-3-28-20-10-6-18(7-11-20)24-22(26)16-30-14-5-15-31-17-23(27)25-19-8-12-21(13-9-19)29-4-2/h6-13H,3-5,14-17H2,1-2H3,(H,24,26)(H,25,27). The number of anilines is 2. The lowest BCUT2D eigenvalue weighted by Gasteiger charge is -2.08. The Labute approximate surface area is 192 Å². The van der Waals surface area contributed by atoms with E-state index in [9.17, 15) is 9.59 Å². The molecule has 6 nitrogen and oxygen atoms in total. The maximum atomic E-state index is 12.0. The molecule has 168 valence electrons. The zero-order valence-electron chi connectivity index (χ0n) is 18.0. The van der Waals surface area contributed by atoms with Crippen molar-refractivity contribution in [1.82, 2.24) is 0 Å². The average molecular weight is 463 g/mol. The maximum Gasteiger partial charge on any atom is 0.234 e. The van der Waals surface area contributed by atoms with Crippen LogP contribution in [0.5, 0.6) is 11.5 Å². The Morgan fingerprint density at radius 3 is 1.45 bits per heavy atom. The monoisotopic (exact) mass is 462 g/mol. The summed E-state index contributed by atoms with van der Waals surface area (Å²) in [6, 6.07) is 14.7. The highest BCUT2D eigenvalue weighted by molar-refractivity contribution is 8.00. The van der Waals surface area contributed by atoms with Gasteiger partial charge in [-0.2, -0.15) is 23.5 Å². The SMILES string of the molecule is CCOc1ccc(NC(=O)CSCCCSCC(=O)Nc2ccc(OCC)cc2)cc1. The molecule has 0 radical (unpaired) electrons. The quantitative estimate of drug-likeness (QED) is 0.388. The van der Waals surface area contributed by atoms with Crippen LogP contribution in [0.3, 0.4) is 0 Å². The predicted molar refractivity (Wildman–Crippen MR) is 132 cm³/mol. The second-order valence-corrected chi connectivity index (χ2v) is 8.68. The Morgan fingerprint density at radius 1 is 0.710 bits per heavy atom. The van der Waals surface area contributed by atoms with Crippen LogP contribution < -0.4 is 20.1 Å². The highest BCUT2D eigenvalue weighted by Gasteiger charge is 2.05. The lowest BCUT2D eigenvalue weighted by Crippen LogP contribution is -2.15. The van der Waals surface area contributed by atoms with Crippen molar-refractivity contribution >= 4 is 46.7 Å². The number of nitrogens with one attached hydrogen (secondary N) is 2. The largest absolute Gasteiger partial charge is 0.494 e. The Kier molecular flexibility index (Phi) is 11.8. The molecule has 0 atom stereocenters. The third kappa shape index (κ3) is 10.5. The van der Waals surface area contributed by atoms with Crippen molar-refractivity contribution in [2.45, 2.75) is 20.3 Å². The number of rotatable bonds is 14. The molecule has 2 rings (SSSR count). The van der Waals surface area contributed by atoms with Gasteiger partial charge in [0, 0.05) is 11.4 Å². The smallest absolute Gasteiger partial charge is 0.234 e. The van der Waals surface area contributed by atoms with Crippen molar-refractivity contribution in [1.29, 1.82) is 0 Å². The topological polar surface area (TPSA) is 76.7 Å². The zero-order chi connectivity index (χ0) is 22.3. The molecular weight excluding hydrogens is 432 g/mol. The molecule has 2 aromatic carbocycles. The summed E-state index contributed by atoms with van der Waals surface area (Å²) in [5, 5.41) is 5.76. The van der Waals surface area contributed by atoms with Gasteiger partial charge in [0.05, 0.1) is 24.7 Å². The highest BCUT2D eigenvalue weighted by atomic mass is 32.2. The Hall–Kier alpha value is -2.32. The molecule has 0 saturated heterocycles. The Bertz CT molecular complexity index is 731. The minimum atomic E-state index is -0.0171. The van der Waals surface area contributed by atoms with Crippen molar-refractivity contribution < 1.29 is 19.1 Å². The van der Waals surface area contributed by atoms with Gasteiger partial charge in [-0.25, -0.2) is 0 Å². The summed E-state index contributed by atoms with van der Waals surface area (Å²) >= 11 is 3.19. The third-order valence-electron chi connectivity index (χ3n) is 3.94. The number of ether oxygens (including phenoxy) is 2. The summed E-state index contributed by atoms with van der Waals surface area (Å²) in [4.78, 5) is 24.0. The summed E-state index contributed by atoms with van der Waals surface area (Å²) < 4.78 is 10.8. The van der Waals surface area contributed by atoms with Crippen molar-refractivity contribution in [2.75, 3.05) is 46.9 Å². The number of thioether (sulfide) groups is 2. The number of carbonyl (C=O) groups excluding carboxylic acids is 2. The van der Waals surface area contributed by atoms with Crippen LogP contribution in [0.15, 0.2) is 48.5 Å². The van der Waals surface area contributed by atoms with E-state index in [-0.39, 0.29) is 11.8 Å². The van der Waals surface area contributed by atoms with Gasteiger partial charge in [-0.15, -0.1) is 0 Å². The first-order valence-corrected chi connectivity index (χ1v) is 12.6. The molecule has 0 fully saturated rings. The fourth-order valence-electron chi connectivity index (χ4n) is 2.59. The highest BCUT2D eigenvalue weighted by Crippen LogP contribution is 2.17. The van der Waals surface area contributed by atoms with Gasteiger partial charge in [-0.3, -0.25) is 9.59 Å². The van der Waals surface area contributed by atoms with Gasteiger partial charge in [-0.1, -0.05) is 0 Å². The number of carbonyl (C=O) groups is 2. The normalized spacial score (nSPS) is 10.4. The van der Waals surface area contributed by atoms with Gasteiger partial charge in [0.25, 0.3) is 0 Å². The second-order valence-electron chi connectivity index (χ2n) is 6.47. The number of benzene rings is 2. The zero-order valence-corrected chi connectivity index (χ0v) is 19.7. The first-order chi connectivity index (χ1) is 15.1. The molecule has 0 aliphatic carbocycles. The van der Waals surface area contributed by atoms with Crippen LogP contribution >= 0.6 is 23.5 Å². The third-order valence-corrected chi connectivity index (χ3v) is 6.03. The second kappa shape index (κ2) is 14.6. The molecule has 0 spiro atoms. The van der Waals surface area contributed by atoms with Crippen molar-refractivity contribution in [2.24, 2.45) is 0 Å². The van der Waals surface area contributed by atoms with Crippen LogP contribution in [0.2, 0.25) is 0 Å². The van der Waals surface area contributed by atoms with Gasteiger partial charge in [-0.05, 0) is 80.3 Å². The van der Waals surface area contributed by atoms with Crippen LogP contribution in [-0.4, -0.2) is 48.0 Å². The Morgan fingerprint density at radius 2 is 1.10 bits per heavy atom. The summed E-state index contributed by atoms with van der Waals surface area (Å²) in [5.74, 6) is 4.13. The molecule has 0 heterocycles. The van der Waals surface area contributed by atoms with Crippen molar-refractivity contribution in [3.63, 3.8) is 0 Å². The van der Waals surface area contributed by atoms with E-state index in [4.69, 9.17) is 9.47 Å². The van der Waals surface area contributed by atoms with Crippen LogP contribution in [-0.2, 0) is 9.59 Å². The summed E-state index contributed by atoms with van der Waals surface area (Å²) in [6.07, 6.45) is 0.946. The van der Waals surface area contributed by atoms with Crippen molar-refractivity contribution in [3.05, 3.63) is 48.5 Å².